The number of anilines is 1. The number of rotatable bonds is 4. The summed E-state index contributed by atoms with van der Waals surface area (Å²) in [5.74, 6) is -0.915. The Labute approximate surface area is 142 Å². The summed E-state index contributed by atoms with van der Waals surface area (Å²) in [4.78, 5) is 28.2. The molecule has 8 heteroatoms. The molecule has 0 atom stereocenters. The van der Waals surface area contributed by atoms with Crippen molar-refractivity contribution >= 4 is 65.8 Å². The highest BCUT2D eigenvalue weighted by atomic mass is 79.9. The minimum absolute atomic E-state index is 0.337. The molecule has 0 unspecified atom stereocenters. The lowest BCUT2D eigenvalue weighted by molar-refractivity contribution is -0.119. The van der Waals surface area contributed by atoms with E-state index in [9.17, 15) is 9.59 Å². The van der Waals surface area contributed by atoms with Crippen molar-refractivity contribution in [1.82, 2.24) is 4.98 Å². The molecule has 1 aromatic carbocycles. The lowest BCUT2D eigenvalue weighted by Gasteiger charge is -2.02. The lowest BCUT2D eigenvalue weighted by atomic mass is 10.3. The molecule has 3 rings (SSSR count). The molecule has 0 bridgehead atoms. The number of carbonyl (C=O) groups is 2. The van der Waals surface area contributed by atoms with Gasteiger partial charge in [0.15, 0.2) is 11.7 Å². The molecule has 0 fully saturated rings. The van der Waals surface area contributed by atoms with E-state index in [0.717, 1.165) is 14.7 Å². The van der Waals surface area contributed by atoms with Gasteiger partial charge >= 0.3 is 5.97 Å². The van der Waals surface area contributed by atoms with Crippen LogP contribution in [0.25, 0.3) is 10.2 Å². The second-order valence-corrected chi connectivity index (χ2v) is 7.13. The van der Waals surface area contributed by atoms with Gasteiger partial charge in [-0.1, -0.05) is 33.3 Å². The average Bonchev–Trinajstić information content (AvgIpc) is 3.13. The van der Waals surface area contributed by atoms with E-state index in [0.29, 0.717) is 10.0 Å². The summed E-state index contributed by atoms with van der Waals surface area (Å²) in [7, 11) is 0. The van der Waals surface area contributed by atoms with Gasteiger partial charge in [0.05, 0.1) is 10.2 Å². The van der Waals surface area contributed by atoms with Crippen LogP contribution in [0.3, 0.4) is 0 Å². The van der Waals surface area contributed by atoms with Crippen LogP contribution in [0.4, 0.5) is 5.13 Å². The van der Waals surface area contributed by atoms with Crippen LogP contribution in [-0.4, -0.2) is 23.5 Å². The number of halogens is 1. The molecule has 0 aliphatic heterocycles. The van der Waals surface area contributed by atoms with Gasteiger partial charge in [0.1, 0.15) is 4.88 Å². The van der Waals surface area contributed by atoms with Crippen LogP contribution in [0.1, 0.15) is 9.67 Å². The number of nitrogens with zero attached hydrogens (tertiary/aromatic N) is 1. The molecule has 1 amide bonds. The number of nitrogens with one attached hydrogen (secondary N) is 1. The zero-order valence-electron chi connectivity index (χ0n) is 11.0. The number of fused-ring (bicyclic) bond motifs is 1. The fourth-order valence-corrected chi connectivity index (χ4v) is 3.75. The van der Waals surface area contributed by atoms with Crippen molar-refractivity contribution in [3.8, 4) is 0 Å². The Morgan fingerprint density at radius 3 is 2.95 bits per heavy atom. The zero-order chi connectivity index (χ0) is 15.5. The third-order valence-electron chi connectivity index (χ3n) is 2.65. The first kappa shape index (κ1) is 15.1. The predicted octanol–water partition coefficient (Wildman–Crippen LogP) is 3.92. The van der Waals surface area contributed by atoms with E-state index in [-0.39, 0.29) is 6.61 Å². The monoisotopic (exact) mass is 396 g/mol. The summed E-state index contributed by atoms with van der Waals surface area (Å²) >= 11 is 6.02. The van der Waals surface area contributed by atoms with Crippen molar-refractivity contribution in [2.75, 3.05) is 11.9 Å². The Bertz CT molecular complexity index is 830. The maximum atomic E-state index is 11.8. The summed E-state index contributed by atoms with van der Waals surface area (Å²) in [6, 6.07) is 9.08. The number of hydrogen-bond donors (Lipinski definition) is 1. The summed E-state index contributed by atoms with van der Waals surface area (Å²) in [6.45, 7) is -0.337. The molecule has 0 radical (unpaired) electrons. The van der Waals surface area contributed by atoms with Crippen LogP contribution in [0.2, 0.25) is 0 Å². The molecule has 1 N–H and O–H groups in total. The van der Waals surface area contributed by atoms with Crippen LogP contribution in [0, 0.1) is 0 Å². The van der Waals surface area contributed by atoms with Gasteiger partial charge in [-0.3, -0.25) is 10.1 Å². The highest BCUT2D eigenvalue weighted by molar-refractivity contribution is 9.10. The van der Waals surface area contributed by atoms with E-state index in [4.69, 9.17) is 4.74 Å². The quantitative estimate of drug-likeness (QED) is 0.678. The van der Waals surface area contributed by atoms with Crippen LogP contribution in [0.5, 0.6) is 0 Å². The molecule has 0 aliphatic rings. The number of hydrogen-bond acceptors (Lipinski definition) is 6. The number of aromatic nitrogens is 1. The summed E-state index contributed by atoms with van der Waals surface area (Å²) in [6.07, 6.45) is 0. The van der Waals surface area contributed by atoms with Crippen LogP contribution >= 0.6 is 38.6 Å². The third-order valence-corrected chi connectivity index (χ3v) is 4.93. The first-order valence-electron chi connectivity index (χ1n) is 6.18. The largest absolute Gasteiger partial charge is 0.451 e. The number of amides is 1. The number of esters is 1. The van der Waals surface area contributed by atoms with E-state index in [1.54, 1.807) is 17.5 Å². The Balaban J connectivity index is 1.59. The molecule has 3 aromatic rings. The number of ether oxygens (including phenoxy) is 1. The standard InChI is InChI=1S/C14H9BrN2O3S2/c15-8-3-4-9-11(6-8)22-14(16-9)17-12(18)7-20-13(19)10-2-1-5-21-10/h1-6H,7H2,(H,16,17,18). The molecular formula is C14H9BrN2O3S2. The first-order chi connectivity index (χ1) is 10.6. The minimum atomic E-state index is -0.501. The Hall–Kier alpha value is -1.77. The van der Waals surface area contributed by atoms with Crippen molar-refractivity contribution in [1.29, 1.82) is 0 Å². The van der Waals surface area contributed by atoms with E-state index in [2.05, 4.69) is 26.2 Å². The van der Waals surface area contributed by atoms with Crippen LogP contribution in [-0.2, 0) is 9.53 Å². The van der Waals surface area contributed by atoms with Crippen molar-refractivity contribution in [3.63, 3.8) is 0 Å². The van der Waals surface area contributed by atoms with E-state index in [1.807, 2.05) is 18.2 Å². The lowest BCUT2D eigenvalue weighted by Crippen LogP contribution is -2.20. The number of thiazole rings is 1. The fraction of sp³-hybridized carbons (Fsp3) is 0.0714. The molecule has 112 valence electrons. The maximum absolute atomic E-state index is 11.8. The minimum Gasteiger partial charge on any atom is -0.451 e. The smallest absolute Gasteiger partial charge is 0.348 e. The fourth-order valence-electron chi connectivity index (χ4n) is 1.70. The summed E-state index contributed by atoms with van der Waals surface area (Å²) in [5.41, 5.74) is 0.805. The van der Waals surface area contributed by atoms with E-state index < -0.39 is 11.9 Å². The second kappa shape index (κ2) is 6.55. The molecular weight excluding hydrogens is 388 g/mol. The predicted molar refractivity (Wildman–Crippen MR) is 90.6 cm³/mol. The van der Waals surface area contributed by atoms with E-state index in [1.165, 1.54) is 22.7 Å². The van der Waals surface area contributed by atoms with Gasteiger partial charge in [0.2, 0.25) is 0 Å². The first-order valence-corrected chi connectivity index (χ1v) is 8.67. The van der Waals surface area contributed by atoms with Gasteiger partial charge in [0, 0.05) is 4.47 Å². The Kier molecular flexibility index (Phi) is 4.51. The van der Waals surface area contributed by atoms with Gasteiger partial charge in [-0.15, -0.1) is 11.3 Å². The SMILES string of the molecule is O=C(COC(=O)c1cccs1)Nc1nc2ccc(Br)cc2s1. The third kappa shape index (κ3) is 3.52. The highest BCUT2D eigenvalue weighted by Gasteiger charge is 2.12. The molecule has 0 spiro atoms. The Morgan fingerprint density at radius 2 is 2.18 bits per heavy atom. The normalized spacial score (nSPS) is 10.6. The van der Waals surface area contributed by atoms with Crippen molar-refractivity contribution in [3.05, 3.63) is 45.1 Å². The zero-order valence-corrected chi connectivity index (χ0v) is 14.3. The molecule has 2 heterocycles. The van der Waals surface area contributed by atoms with Gasteiger partial charge < -0.3 is 4.74 Å². The molecule has 0 aliphatic carbocycles. The maximum Gasteiger partial charge on any atom is 0.348 e. The molecule has 0 saturated heterocycles. The van der Waals surface area contributed by atoms with Crippen molar-refractivity contribution in [2.24, 2.45) is 0 Å². The van der Waals surface area contributed by atoms with Gasteiger partial charge in [0.25, 0.3) is 5.91 Å². The molecule has 2 aromatic heterocycles. The summed E-state index contributed by atoms with van der Waals surface area (Å²) < 4.78 is 6.85. The molecule has 0 saturated carbocycles. The van der Waals surface area contributed by atoms with Crippen molar-refractivity contribution in [2.45, 2.75) is 0 Å². The highest BCUT2D eigenvalue weighted by Crippen LogP contribution is 2.28. The van der Waals surface area contributed by atoms with Crippen LogP contribution < -0.4 is 5.32 Å². The van der Waals surface area contributed by atoms with Crippen molar-refractivity contribution < 1.29 is 14.3 Å². The Morgan fingerprint density at radius 1 is 1.32 bits per heavy atom. The number of carbonyl (C=O) groups excluding carboxylic acids is 2. The molecule has 5 nitrogen and oxygen atoms in total. The number of benzene rings is 1. The topological polar surface area (TPSA) is 68.3 Å². The number of thiophene rings is 1. The van der Waals surface area contributed by atoms with Gasteiger partial charge in [-0.25, -0.2) is 9.78 Å². The van der Waals surface area contributed by atoms with E-state index >= 15 is 0 Å². The average molecular weight is 397 g/mol. The molecule has 22 heavy (non-hydrogen) atoms. The van der Waals surface area contributed by atoms with Crippen LogP contribution in [0.15, 0.2) is 40.2 Å². The second-order valence-electron chi connectivity index (χ2n) is 4.23. The summed E-state index contributed by atoms with van der Waals surface area (Å²) in [5, 5.41) is 4.88. The van der Waals surface area contributed by atoms with Gasteiger partial charge in [-0.2, -0.15) is 0 Å². The van der Waals surface area contributed by atoms with Gasteiger partial charge in [-0.05, 0) is 29.6 Å².